The van der Waals surface area contributed by atoms with Crippen molar-refractivity contribution in [3.05, 3.63) is 65.5 Å². The Kier molecular flexibility index (Phi) is 5.17. The predicted octanol–water partition coefficient (Wildman–Crippen LogP) is 2.64. The van der Waals surface area contributed by atoms with Gasteiger partial charge in [-0.3, -0.25) is 14.3 Å². The molecule has 0 radical (unpaired) electrons. The molecule has 0 saturated heterocycles. The zero-order chi connectivity index (χ0) is 19.6. The number of carbonyl (C=O) groups is 2. The average molecular weight is 366 g/mol. The molecule has 1 aromatic carbocycles. The van der Waals surface area contributed by atoms with E-state index in [2.05, 4.69) is 43.8 Å². The van der Waals surface area contributed by atoms with Gasteiger partial charge in [0.15, 0.2) is 0 Å². The molecule has 0 fully saturated rings. The average Bonchev–Trinajstić information content (AvgIpc) is 3.09. The fourth-order valence-corrected chi connectivity index (χ4v) is 3.02. The summed E-state index contributed by atoms with van der Waals surface area (Å²) in [6, 6.07) is 9.45. The molecule has 1 aliphatic heterocycles. The van der Waals surface area contributed by atoms with Crippen molar-refractivity contribution in [1.82, 2.24) is 20.0 Å². The number of rotatable bonds is 4. The first kappa shape index (κ1) is 18.9. The van der Waals surface area contributed by atoms with Crippen LogP contribution < -0.4 is 5.32 Å². The van der Waals surface area contributed by atoms with E-state index in [0.717, 1.165) is 17.0 Å². The third-order valence-electron chi connectivity index (χ3n) is 4.71. The molecule has 6 heteroatoms. The lowest BCUT2D eigenvalue weighted by Gasteiger charge is -2.27. The number of carbonyl (C=O) groups excluding carboxylic acids is 2. The summed E-state index contributed by atoms with van der Waals surface area (Å²) in [6.45, 7) is 12.2. The molecule has 142 valence electrons. The predicted molar refractivity (Wildman–Crippen MR) is 104 cm³/mol. The fraction of sp³-hybridized carbons (Fsp3) is 0.381. The van der Waals surface area contributed by atoms with Gasteiger partial charge in [-0.25, -0.2) is 0 Å². The molecular formula is C21H26N4O2. The van der Waals surface area contributed by atoms with E-state index in [1.807, 2.05) is 33.8 Å². The Morgan fingerprint density at radius 1 is 1.22 bits per heavy atom. The molecule has 0 saturated carbocycles. The van der Waals surface area contributed by atoms with Gasteiger partial charge in [0, 0.05) is 24.1 Å². The van der Waals surface area contributed by atoms with Gasteiger partial charge in [0.25, 0.3) is 5.91 Å². The summed E-state index contributed by atoms with van der Waals surface area (Å²) in [7, 11) is 0. The number of nitrogens with one attached hydrogen (secondary N) is 1. The van der Waals surface area contributed by atoms with Crippen molar-refractivity contribution in [2.45, 2.75) is 45.8 Å². The minimum atomic E-state index is -0.213. The Hall–Kier alpha value is -2.89. The van der Waals surface area contributed by atoms with Crippen LogP contribution in [0.1, 0.15) is 48.1 Å². The molecule has 2 heterocycles. The third kappa shape index (κ3) is 4.27. The monoisotopic (exact) mass is 366 g/mol. The summed E-state index contributed by atoms with van der Waals surface area (Å²) in [5, 5.41) is 7.40. The lowest BCUT2D eigenvalue weighted by molar-refractivity contribution is -0.116. The van der Waals surface area contributed by atoms with Crippen molar-refractivity contribution in [3.63, 3.8) is 0 Å². The van der Waals surface area contributed by atoms with Gasteiger partial charge in [0.05, 0.1) is 24.5 Å². The number of fused-ring (bicyclic) bond motifs is 1. The first-order valence-electron chi connectivity index (χ1n) is 9.13. The van der Waals surface area contributed by atoms with Crippen LogP contribution >= 0.6 is 0 Å². The molecule has 3 rings (SSSR count). The maximum absolute atomic E-state index is 12.9. The number of aromatic nitrogens is 2. The van der Waals surface area contributed by atoms with Crippen LogP contribution in [-0.2, 0) is 29.8 Å². The van der Waals surface area contributed by atoms with Crippen molar-refractivity contribution < 1.29 is 9.59 Å². The van der Waals surface area contributed by atoms with Crippen LogP contribution in [-0.4, -0.2) is 33.0 Å². The highest BCUT2D eigenvalue weighted by Gasteiger charge is 2.26. The fourth-order valence-electron chi connectivity index (χ4n) is 3.02. The van der Waals surface area contributed by atoms with Crippen molar-refractivity contribution in [3.8, 4) is 0 Å². The van der Waals surface area contributed by atoms with Crippen LogP contribution in [0.5, 0.6) is 0 Å². The number of hydrogen-bond donors (Lipinski definition) is 1. The molecule has 1 N–H and O–H groups in total. The maximum atomic E-state index is 12.9. The zero-order valence-corrected chi connectivity index (χ0v) is 16.2. The van der Waals surface area contributed by atoms with E-state index < -0.39 is 0 Å². The highest BCUT2D eigenvalue weighted by atomic mass is 16.2. The SMILES string of the molecule is C=CC(=O)NCc1ccc(C(=O)N2CCn3nc(C(C)(C)C)cc3C2)cc1. The molecule has 0 aliphatic carbocycles. The van der Waals surface area contributed by atoms with Crippen molar-refractivity contribution >= 4 is 11.8 Å². The van der Waals surface area contributed by atoms with Crippen molar-refractivity contribution in [1.29, 1.82) is 0 Å². The zero-order valence-electron chi connectivity index (χ0n) is 16.2. The Balaban J connectivity index is 1.67. The molecule has 0 spiro atoms. The maximum Gasteiger partial charge on any atom is 0.254 e. The Labute approximate surface area is 159 Å². The van der Waals surface area contributed by atoms with Gasteiger partial charge in [-0.2, -0.15) is 5.10 Å². The minimum Gasteiger partial charge on any atom is -0.348 e. The molecule has 1 aliphatic rings. The summed E-state index contributed by atoms with van der Waals surface area (Å²) >= 11 is 0. The highest BCUT2D eigenvalue weighted by molar-refractivity contribution is 5.94. The van der Waals surface area contributed by atoms with Gasteiger partial charge in [-0.1, -0.05) is 39.5 Å². The number of amides is 2. The first-order valence-corrected chi connectivity index (χ1v) is 9.13. The normalized spacial score (nSPS) is 13.8. The van der Waals surface area contributed by atoms with Crippen LogP contribution in [0.2, 0.25) is 0 Å². The van der Waals surface area contributed by atoms with E-state index in [0.29, 0.717) is 31.7 Å². The van der Waals surface area contributed by atoms with Crippen molar-refractivity contribution in [2.24, 2.45) is 0 Å². The molecular weight excluding hydrogens is 340 g/mol. The lowest BCUT2D eigenvalue weighted by Crippen LogP contribution is -2.38. The van der Waals surface area contributed by atoms with Crippen LogP contribution in [0.3, 0.4) is 0 Å². The van der Waals surface area contributed by atoms with Gasteiger partial charge in [0.2, 0.25) is 5.91 Å². The second kappa shape index (κ2) is 7.39. The number of benzene rings is 1. The quantitative estimate of drug-likeness (QED) is 0.846. The van der Waals surface area contributed by atoms with Gasteiger partial charge in [-0.15, -0.1) is 0 Å². The van der Waals surface area contributed by atoms with Crippen LogP contribution in [0.4, 0.5) is 0 Å². The van der Waals surface area contributed by atoms with E-state index in [1.165, 1.54) is 6.08 Å². The van der Waals surface area contributed by atoms with Gasteiger partial charge in [-0.05, 0) is 29.8 Å². The van der Waals surface area contributed by atoms with Crippen LogP contribution in [0, 0.1) is 0 Å². The summed E-state index contributed by atoms with van der Waals surface area (Å²) in [4.78, 5) is 25.9. The van der Waals surface area contributed by atoms with E-state index >= 15 is 0 Å². The first-order chi connectivity index (χ1) is 12.8. The summed E-state index contributed by atoms with van der Waals surface area (Å²) < 4.78 is 2.01. The molecule has 0 unspecified atom stereocenters. The second-order valence-electron chi connectivity index (χ2n) is 7.84. The van der Waals surface area contributed by atoms with E-state index in [-0.39, 0.29) is 17.2 Å². The number of nitrogens with zero attached hydrogens (tertiary/aromatic N) is 3. The topological polar surface area (TPSA) is 67.2 Å². The summed E-state index contributed by atoms with van der Waals surface area (Å²) in [6.07, 6.45) is 1.24. The second-order valence-corrected chi connectivity index (χ2v) is 7.84. The van der Waals surface area contributed by atoms with Crippen LogP contribution in [0.15, 0.2) is 43.0 Å². The van der Waals surface area contributed by atoms with E-state index in [4.69, 9.17) is 0 Å². The smallest absolute Gasteiger partial charge is 0.254 e. The van der Waals surface area contributed by atoms with Gasteiger partial charge in [0.1, 0.15) is 0 Å². The molecule has 0 atom stereocenters. The molecule has 0 bridgehead atoms. The molecule has 2 aromatic rings. The standard InChI is InChI=1S/C21H26N4O2/c1-5-19(26)22-13-15-6-8-16(9-7-15)20(27)24-10-11-25-17(14-24)12-18(23-25)21(2,3)4/h5-9,12H,1,10-11,13-14H2,2-4H3,(H,22,26). The van der Waals surface area contributed by atoms with Gasteiger partial charge < -0.3 is 10.2 Å². The van der Waals surface area contributed by atoms with Gasteiger partial charge >= 0.3 is 0 Å². The van der Waals surface area contributed by atoms with E-state index in [9.17, 15) is 9.59 Å². The molecule has 2 amide bonds. The Morgan fingerprint density at radius 3 is 2.56 bits per heavy atom. The molecule has 6 nitrogen and oxygen atoms in total. The van der Waals surface area contributed by atoms with Crippen LogP contribution in [0.25, 0.3) is 0 Å². The van der Waals surface area contributed by atoms with Crippen molar-refractivity contribution in [2.75, 3.05) is 6.54 Å². The molecule has 1 aromatic heterocycles. The Bertz CT molecular complexity index is 859. The number of hydrogen-bond acceptors (Lipinski definition) is 3. The minimum absolute atomic E-state index is 0.00394. The summed E-state index contributed by atoms with van der Waals surface area (Å²) in [5.41, 5.74) is 3.71. The van der Waals surface area contributed by atoms with E-state index in [1.54, 1.807) is 0 Å². The third-order valence-corrected chi connectivity index (χ3v) is 4.71. The summed E-state index contributed by atoms with van der Waals surface area (Å²) in [5.74, 6) is -0.198. The highest BCUT2D eigenvalue weighted by Crippen LogP contribution is 2.24. The largest absolute Gasteiger partial charge is 0.348 e. The molecule has 27 heavy (non-hydrogen) atoms. The Morgan fingerprint density at radius 2 is 1.93 bits per heavy atom. The lowest BCUT2D eigenvalue weighted by atomic mass is 9.92.